The zero-order chi connectivity index (χ0) is 29.6. The van der Waals surface area contributed by atoms with Gasteiger partial charge in [-0.1, -0.05) is 79.9 Å². The third kappa shape index (κ3) is 11.2. The molecule has 0 aliphatic carbocycles. The summed E-state index contributed by atoms with van der Waals surface area (Å²) in [5.41, 5.74) is 4.81. The van der Waals surface area contributed by atoms with Crippen LogP contribution in [0.2, 0.25) is 0 Å². The number of aryl methyl sites for hydroxylation is 3. The van der Waals surface area contributed by atoms with Crippen LogP contribution in [0, 0.1) is 13.8 Å². The van der Waals surface area contributed by atoms with Gasteiger partial charge in [-0.05, 0) is 64.3 Å². The Morgan fingerprint density at radius 1 is 0.878 bits per heavy atom. The highest BCUT2D eigenvalue weighted by molar-refractivity contribution is 5.83. The minimum Gasteiger partial charge on any atom is -0.337 e. The lowest BCUT2D eigenvalue weighted by molar-refractivity contribution is -0.144. The van der Waals surface area contributed by atoms with Crippen LogP contribution in [0.3, 0.4) is 0 Å². The molecule has 2 aromatic carbocycles. The molecule has 41 heavy (non-hydrogen) atoms. The van der Waals surface area contributed by atoms with Crippen molar-refractivity contribution in [2.24, 2.45) is 0 Å². The Kier molecular flexibility index (Phi) is 13.8. The van der Waals surface area contributed by atoms with Crippen LogP contribution in [-0.2, 0) is 22.4 Å². The van der Waals surface area contributed by atoms with E-state index in [2.05, 4.69) is 97.1 Å². The number of unbranched alkanes of at least 4 members (excludes halogenated alkanes) is 1. The Hall–Kier alpha value is -2.74. The molecule has 226 valence electrons. The molecule has 1 heterocycles. The highest BCUT2D eigenvalue weighted by atomic mass is 16.2. The van der Waals surface area contributed by atoms with Crippen molar-refractivity contribution in [3.8, 4) is 0 Å². The number of carbonyl (C=O) groups excluding carboxylic acids is 2. The molecule has 2 atom stereocenters. The van der Waals surface area contributed by atoms with Gasteiger partial charge in [-0.25, -0.2) is 0 Å². The van der Waals surface area contributed by atoms with E-state index in [-0.39, 0.29) is 29.9 Å². The third-order valence-electron chi connectivity index (χ3n) is 7.95. The van der Waals surface area contributed by atoms with Gasteiger partial charge in [0.15, 0.2) is 0 Å². The number of nitrogens with one attached hydrogen (secondary N) is 3. The first-order chi connectivity index (χ1) is 19.8. The monoisotopic (exact) mass is 563 g/mol. The second-order valence-electron chi connectivity index (χ2n) is 11.9. The summed E-state index contributed by atoms with van der Waals surface area (Å²) in [4.78, 5) is 31.4. The Morgan fingerprint density at radius 3 is 2.17 bits per heavy atom. The molecular weight excluding hydrogens is 510 g/mol. The summed E-state index contributed by atoms with van der Waals surface area (Å²) in [6.45, 7) is 13.0. The lowest BCUT2D eigenvalue weighted by Crippen LogP contribution is -2.60. The molecule has 2 aromatic rings. The zero-order valence-corrected chi connectivity index (χ0v) is 26.0. The van der Waals surface area contributed by atoms with Crippen LogP contribution in [0.4, 0.5) is 0 Å². The average Bonchev–Trinajstić information content (AvgIpc) is 2.96. The maximum absolute atomic E-state index is 13.9. The molecule has 1 fully saturated rings. The molecule has 7 nitrogen and oxygen atoms in total. The summed E-state index contributed by atoms with van der Waals surface area (Å²) in [5.74, 6) is 0.344. The molecule has 1 saturated heterocycles. The van der Waals surface area contributed by atoms with Gasteiger partial charge >= 0.3 is 0 Å². The molecule has 2 amide bonds. The largest absolute Gasteiger partial charge is 0.337 e. The van der Waals surface area contributed by atoms with Gasteiger partial charge < -0.3 is 25.8 Å². The zero-order valence-electron chi connectivity index (χ0n) is 26.0. The van der Waals surface area contributed by atoms with E-state index in [1.807, 2.05) is 11.9 Å². The van der Waals surface area contributed by atoms with Crippen LogP contribution in [0.25, 0.3) is 0 Å². The van der Waals surface area contributed by atoms with Gasteiger partial charge in [0.25, 0.3) is 0 Å². The summed E-state index contributed by atoms with van der Waals surface area (Å²) in [7, 11) is 1.96. The number of nitrogens with zero attached hydrogens (tertiary/aromatic N) is 2. The number of amides is 2. The van der Waals surface area contributed by atoms with Crippen LogP contribution >= 0.6 is 0 Å². The van der Waals surface area contributed by atoms with E-state index in [1.165, 1.54) is 16.7 Å². The lowest BCUT2D eigenvalue weighted by atomic mass is 9.99. The normalized spacial score (nSPS) is 16.3. The molecule has 3 N–H and O–H groups in total. The molecule has 0 aromatic heterocycles. The van der Waals surface area contributed by atoms with E-state index >= 15 is 0 Å². The number of piperazine rings is 1. The maximum atomic E-state index is 13.9. The van der Waals surface area contributed by atoms with Crippen molar-refractivity contribution < 1.29 is 9.59 Å². The van der Waals surface area contributed by atoms with E-state index in [4.69, 9.17) is 0 Å². The number of hydrogen-bond acceptors (Lipinski definition) is 5. The number of likely N-dealkylation sites (N-methyl/N-ethyl adjacent to an activating group) is 1. The SMILES string of the molecule is CNCCNCCCC[C@H]1CN(C(=O)[C@@H](Cc2ccc(C)cc2)NC(C)C)CCN1C(=O)CCc1ccc(C)cc1. The smallest absolute Gasteiger partial charge is 0.240 e. The summed E-state index contributed by atoms with van der Waals surface area (Å²) in [6, 6.07) is 16.9. The molecule has 0 radical (unpaired) electrons. The van der Waals surface area contributed by atoms with Crippen LogP contribution in [0.1, 0.15) is 61.8 Å². The molecule has 1 aliphatic heterocycles. The summed E-state index contributed by atoms with van der Waals surface area (Å²) in [5, 5.41) is 10.2. The predicted octanol–water partition coefficient (Wildman–Crippen LogP) is 3.86. The Bertz CT molecular complexity index is 1050. The first-order valence-corrected chi connectivity index (χ1v) is 15.6. The standard InChI is InChI=1S/C34H53N5O2/c1-26(2)37-32(24-30-15-11-28(4)12-16-30)34(41)38-22-23-39(31(25-38)8-6-7-19-36-21-20-35-5)33(40)18-17-29-13-9-27(3)10-14-29/h9-16,26,31-32,35-37H,6-8,17-25H2,1-5H3/t31-,32+/m0/s1. The quantitative estimate of drug-likeness (QED) is 0.271. The van der Waals surface area contributed by atoms with Crippen molar-refractivity contribution in [2.45, 2.75) is 84.3 Å². The summed E-state index contributed by atoms with van der Waals surface area (Å²) < 4.78 is 0. The van der Waals surface area contributed by atoms with Crippen LogP contribution in [-0.4, -0.2) is 86.1 Å². The first kappa shape index (κ1) is 32.8. The summed E-state index contributed by atoms with van der Waals surface area (Å²) >= 11 is 0. The van der Waals surface area contributed by atoms with Gasteiger partial charge in [-0.3, -0.25) is 9.59 Å². The van der Waals surface area contributed by atoms with Crippen LogP contribution in [0.5, 0.6) is 0 Å². The third-order valence-corrected chi connectivity index (χ3v) is 7.95. The van der Waals surface area contributed by atoms with Gasteiger partial charge in [0.2, 0.25) is 11.8 Å². The van der Waals surface area contributed by atoms with Crippen molar-refractivity contribution >= 4 is 11.8 Å². The second kappa shape index (κ2) is 17.3. The maximum Gasteiger partial charge on any atom is 0.240 e. The molecule has 0 bridgehead atoms. The van der Waals surface area contributed by atoms with Crippen molar-refractivity contribution in [3.05, 3.63) is 70.8 Å². The molecule has 7 heteroatoms. The van der Waals surface area contributed by atoms with Gasteiger partial charge in [0.05, 0.1) is 6.04 Å². The number of benzene rings is 2. The first-order valence-electron chi connectivity index (χ1n) is 15.6. The average molecular weight is 564 g/mol. The number of rotatable bonds is 16. The fourth-order valence-corrected chi connectivity index (χ4v) is 5.55. The fraction of sp³-hybridized carbons (Fsp3) is 0.588. The molecular formula is C34H53N5O2. The van der Waals surface area contributed by atoms with E-state index in [0.717, 1.165) is 50.9 Å². The Labute approximate surface area is 248 Å². The van der Waals surface area contributed by atoms with Gasteiger partial charge in [0, 0.05) is 51.2 Å². The molecule has 3 rings (SSSR count). The minimum atomic E-state index is -0.279. The van der Waals surface area contributed by atoms with E-state index < -0.39 is 0 Å². The van der Waals surface area contributed by atoms with Gasteiger partial charge in [0.1, 0.15) is 0 Å². The van der Waals surface area contributed by atoms with Gasteiger partial charge in [-0.2, -0.15) is 0 Å². The lowest BCUT2D eigenvalue weighted by Gasteiger charge is -2.43. The van der Waals surface area contributed by atoms with Crippen LogP contribution in [0.15, 0.2) is 48.5 Å². The molecule has 1 aliphatic rings. The van der Waals surface area contributed by atoms with Gasteiger partial charge in [-0.15, -0.1) is 0 Å². The summed E-state index contributed by atoms with van der Waals surface area (Å²) in [6.07, 6.45) is 4.91. The number of hydrogen-bond donors (Lipinski definition) is 3. The molecule has 0 spiro atoms. The van der Waals surface area contributed by atoms with Crippen LogP contribution < -0.4 is 16.0 Å². The van der Waals surface area contributed by atoms with E-state index in [9.17, 15) is 9.59 Å². The number of carbonyl (C=O) groups is 2. The van der Waals surface area contributed by atoms with Crippen molar-refractivity contribution in [2.75, 3.05) is 46.3 Å². The Balaban J connectivity index is 1.65. The molecule has 0 saturated carbocycles. The van der Waals surface area contributed by atoms with Crippen molar-refractivity contribution in [3.63, 3.8) is 0 Å². The van der Waals surface area contributed by atoms with E-state index in [0.29, 0.717) is 32.5 Å². The highest BCUT2D eigenvalue weighted by Gasteiger charge is 2.34. The topological polar surface area (TPSA) is 76.7 Å². The highest BCUT2D eigenvalue weighted by Crippen LogP contribution is 2.20. The molecule has 0 unspecified atom stereocenters. The minimum absolute atomic E-state index is 0.0506. The Morgan fingerprint density at radius 2 is 1.54 bits per heavy atom. The van der Waals surface area contributed by atoms with Crippen molar-refractivity contribution in [1.29, 1.82) is 0 Å². The fourth-order valence-electron chi connectivity index (χ4n) is 5.55. The van der Waals surface area contributed by atoms with Crippen molar-refractivity contribution in [1.82, 2.24) is 25.8 Å². The second-order valence-corrected chi connectivity index (χ2v) is 11.9. The predicted molar refractivity (Wildman–Crippen MR) is 169 cm³/mol. The van der Waals surface area contributed by atoms with E-state index in [1.54, 1.807) is 0 Å².